The van der Waals surface area contributed by atoms with Crippen LogP contribution in [0.15, 0.2) is 35.8 Å². The summed E-state index contributed by atoms with van der Waals surface area (Å²) in [6, 6.07) is 8.28. The maximum Gasteiger partial charge on any atom is 0.194 e. The highest BCUT2D eigenvalue weighted by Crippen LogP contribution is 2.20. The Kier molecular flexibility index (Phi) is 4.22. The molecule has 2 aromatic heterocycles. The number of hydrogen-bond acceptors (Lipinski definition) is 4. The van der Waals surface area contributed by atoms with Crippen LogP contribution in [0.25, 0.3) is 4.96 Å². The zero-order valence-electron chi connectivity index (χ0n) is 12.3. The number of anilines is 1. The average molecular weight is 301 g/mol. The quantitative estimate of drug-likeness (QED) is 0.751. The van der Waals surface area contributed by atoms with Gasteiger partial charge in [-0.1, -0.05) is 18.2 Å². The summed E-state index contributed by atoms with van der Waals surface area (Å²) in [7, 11) is 0. The van der Waals surface area contributed by atoms with Gasteiger partial charge in [0.15, 0.2) is 4.96 Å². The number of nitrogens with one attached hydrogen (secondary N) is 1. The molecule has 0 saturated carbocycles. The first-order valence-corrected chi connectivity index (χ1v) is 7.98. The van der Waals surface area contributed by atoms with Crippen molar-refractivity contribution < 1.29 is 4.74 Å². The van der Waals surface area contributed by atoms with Gasteiger partial charge < -0.3 is 10.1 Å². The molecule has 21 heavy (non-hydrogen) atoms. The Morgan fingerprint density at radius 2 is 2.19 bits per heavy atom. The highest BCUT2D eigenvalue weighted by Gasteiger charge is 2.10. The van der Waals surface area contributed by atoms with E-state index >= 15 is 0 Å². The van der Waals surface area contributed by atoms with E-state index in [1.807, 2.05) is 19.1 Å². The van der Waals surface area contributed by atoms with Crippen molar-refractivity contribution in [3.8, 4) is 0 Å². The van der Waals surface area contributed by atoms with Crippen molar-refractivity contribution in [2.45, 2.75) is 27.0 Å². The Balaban J connectivity index is 1.78. The highest BCUT2D eigenvalue weighted by molar-refractivity contribution is 7.15. The van der Waals surface area contributed by atoms with Gasteiger partial charge in [0, 0.05) is 29.4 Å². The summed E-state index contributed by atoms with van der Waals surface area (Å²) in [5, 5.41) is 5.57. The van der Waals surface area contributed by atoms with Crippen LogP contribution in [0.4, 0.5) is 5.69 Å². The van der Waals surface area contributed by atoms with Gasteiger partial charge in [-0.25, -0.2) is 4.98 Å². The SMILES string of the molecule is CCOCc1ccccc1NCc1c(C)nc2sccn12. The minimum Gasteiger partial charge on any atom is -0.379 e. The van der Waals surface area contributed by atoms with Gasteiger partial charge in [0.2, 0.25) is 0 Å². The molecule has 0 radical (unpaired) electrons. The van der Waals surface area contributed by atoms with Crippen molar-refractivity contribution in [1.82, 2.24) is 9.38 Å². The molecule has 3 aromatic rings. The molecule has 0 spiro atoms. The molecule has 0 fully saturated rings. The number of rotatable bonds is 6. The molecular formula is C16H19N3OS. The van der Waals surface area contributed by atoms with Gasteiger partial charge in [0.1, 0.15) is 0 Å². The van der Waals surface area contributed by atoms with Crippen LogP contribution < -0.4 is 5.32 Å². The molecule has 0 aliphatic rings. The number of imidazole rings is 1. The van der Waals surface area contributed by atoms with Gasteiger partial charge in [0.25, 0.3) is 0 Å². The molecule has 3 rings (SSSR count). The number of thiazole rings is 1. The molecule has 110 valence electrons. The number of benzene rings is 1. The molecule has 2 heterocycles. The molecule has 5 heteroatoms. The predicted octanol–water partition coefficient (Wildman–Crippen LogP) is 3.85. The van der Waals surface area contributed by atoms with Crippen LogP contribution in [0, 0.1) is 6.92 Å². The Morgan fingerprint density at radius 3 is 3.05 bits per heavy atom. The first kappa shape index (κ1) is 14.1. The van der Waals surface area contributed by atoms with E-state index in [2.05, 4.69) is 45.3 Å². The zero-order valence-corrected chi connectivity index (χ0v) is 13.1. The Hall–Kier alpha value is -1.85. The van der Waals surface area contributed by atoms with E-state index < -0.39 is 0 Å². The highest BCUT2D eigenvalue weighted by atomic mass is 32.1. The monoisotopic (exact) mass is 301 g/mol. The van der Waals surface area contributed by atoms with Crippen LogP contribution in [-0.4, -0.2) is 16.0 Å². The molecule has 0 amide bonds. The van der Waals surface area contributed by atoms with E-state index in [4.69, 9.17) is 4.74 Å². The smallest absolute Gasteiger partial charge is 0.194 e. The fraction of sp³-hybridized carbons (Fsp3) is 0.312. The second-order valence-electron chi connectivity index (χ2n) is 4.85. The van der Waals surface area contributed by atoms with Crippen molar-refractivity contribution in [3.05, 3.63) is 52.8 Å². The van der Waals surface area contributed by atoms with Crippen molar-refractivity contribution in [3.63, 3.8) is 0 Å². The van der Waals surface area contributed by atoms with Gasteiger partial charge in [-0.05, 0) is 19.9 Å². The molecule has 0 unspecified atom stereocenters. The van der Waals surface area contributed by atoms with Crippen LogP contribution in [0.5, 0.6) is 0 Å². The van der Waals surface area contributed by atoms with Crippen LogP contribution in [-0.2, 0) is 17.9 Å². The van der Waals surface area contributed by atoms with Crippen molar-refractivity contribution in [2.24, 2.45) is 0 Å². The fourth-order valence-electron chi connectivity index (χ4n) is 2.36. The van der Waals surface area contributed by atoms with Gasteiger partial charge in [-0.3, -0.25) is 4.40 Å². The summed E-state index contributed by atoms with van der Waals surface area (Å²) in [6.07, 6.45) is 2.07. The van der Waals surface area contributed by atoms with Gasteiger partial charge in [-0.2, -0.15) is 0 Å². The molecular weight excluding hydrogens is 282 g/mol. The maximum absolute atomic E-state index is 5.52. The summed E-state index contributed by atoms with van der Waals surface area (Å²) in [5.74, 6) is 0. The van der Waals surface area contributed by atoms with Crippen LogP contribution >= 0.6 is 11.3 Å². The number of para-hydroxylation sites is 1. The van der Waals surface area contributed by atoms with Gasteiger partial charge in [0.05, 0.1) is 24.5 Å². The Bertz CT molecular complexity index is 732. The van der Waals surface area contributed by atoms with Crippen molar-refractivity contribution >= 4 is 22.0 Å². The summed E-state index contributed by atoms with van der Waals surface area (Å²) in [6.45, 7) is 6.19. The molecule has 1 aromatic carbocycles. The maximum atomic E-state index is 5.52. The number of fused-ring (bicyclic) bond motifs is 1. The summed E-state index contributed by atoms with van der Waals surface area (Å²) in [5.41, 5.74) is 4.59. The third-order valence-corrected chi connectivity index (χ3v) is 4.24. The number of nitrogens with zero attached hydrogens (tertiary/aromatic N) is 2. The zero-order chi connectivity index (χ0) is 14.7. The van der Waals surface area contributed by atoms with E-state index in [1.165, 1.54) is 11.3 Å². The first-order chi connectivity index (χ1) is 10.3. The van der Waals surface area contributed by atoms with E-state index in [9.17, 15) is 0 Å². The van der Waals surface area contributed by atoms with E-state index in [0.717, 1.165) is 29.5 Å². The largest absolute Gasteiger partial charge is 0.379 e. The first-order valence-electron chi connectivity index (χ1n) is 7.10. The Labute approximate surface area is 128 Å². The molecule has 0 aliphatic carbocycles. The average Bonchev–Trinajstić information content (AvgIpc) is 3.05. The second kappa shape index (κ2) is 6.28. The molecule has 1 N–H and O–H groups in total. The Morgan fingerprint density at radius 1 is 1.33 bits per heavy atom. The van der Waals surface area contributed by atoms with E-state index in [0.29, 0.717) is 6.61 Å². The number of aromatic nitrogens is 2. The number of hydrogen-bond donors (Lipinski definition) is 1. The van der Waals surface area contributed by atoms with E-state index in [-0.39, 0.29) is 0 Å². The lowest BCUT2D eigenvalue weighted by molar-refractivity contribution is 0.134. The number of aryl methyl sites for hydroxylation is 1. The molecule has 0 aliphatic heterocycles. The third-order valence-electron chi connectivity index (χ3n) is 3.49. The lowest BCUT2D eigenvalue weighted by Gasteiger charge is -2.12. The third kappa shape index (κ3) is 2.94. The lowest BCUT2D eigenvalue weighted by Crippen LogP contribution is -2.06. The van der Waals surface area contributed by atoms with Crippen LogP contribution in [0.1, 0.15) is 23.9 Å². The molecule has 0 saturated heterocycles. The molecule has 0 bridgehead atoms. The summed E-state index contributed by atoms with van der Waals surface area (Å²) < 4.78 is 7.67. The minimum absolute atomic E-state index is 0.638. The minimum atomic E-state index is 0.638. The van der Waals surface area contributed by atoms with Crippen LogP contribution in [0.3, 0.4) is 0 Å². The summed E-state index contributed by atoms with van der Waals surface area (Å²) in [4.78, 5) is 5.62. The summed E-state index contributed by atoms with van der Waals surface area (Å²) >= 11 is 1.66. The molecule has 4 nitrogen and oxygen atoms in total. The van der Waals surface area contributed by atoms with Crippen molar-refractivity contribution in [1.29, 1.82) is 0 Å². The lowest BCUT2D eigenvalue weighted by atomic mass is 10.2. The van der Waals surface area contributed by atoms with Gasteiger partial charge >= 0.3 is 0 Å². The number of ether oxygens (including phenoxy) is 1. The van der Waals surface area contributed by atoms with Gasteiger partial charge in [-0.15, -0.1) is 11.3 Å². The van der Waals surface area contributed by atoms with E-state index in [1.54, 1.807) is 11.3 Å². The second-order valence-corrected chi connectivity index (χ2v) is 5.72. The van der Waals surface area contributed by atoms with Crippen LogP contribution in [0.2, 0.25) is 0 Å². The normalized spacial score (nSPS) is 11.1. The standard InChI is InChI=1S/C16H19N3OS/c1-3-20-11-13-6-4-5-7-14(13)17-10-15-12(2)18-16-19(15)8-9-21-16/h4-9,17H,3,10-11H2,1-2H3. The fourth-order valence-corrected chi connectivity index (χ4v) is 3.14. The van der Waals surface area contributed by atoms with Crippen molar-refractivity contribution in [2.75, 3.05) is 11.9 Å². The predicted molar refractivity (Wildman–Crippen MR) is 86.9 cm³/mol. The topological polar surface area (TPSA) is 38.6 Å². The molecule has 0 atom stereocenters.